The molecule has 0 aliphatic heterocycles. The highest BCUT2D eigenvalue weighted by molar-refractivity contribution is 5.45. The highest BCUT2D eigenvalue weighted by Gasteiger charge is 2.31. The Labute approximate surface area is 140 Å². The lowest BCUT2D eigenvalue weighted by atomic mass is 10.0. The summed E-state index contributed by atoms with van der Waals surface area (Å²) in [6.07, 6.45) is -2.98. The fourth-order valence-electron chi connectivity index (χ4n) is 2.56. The van der Waals surface area contributed by atoms with Crippen molar-refractivity contribution in [1.29, 1.82) is 0 Å². The number of alkyl halides is 3. The molecule has 1 atom stereocenters. The minimum absolute atomic E-state index is 0.202. The molecule has 3 rings (SSSR count). The van der Waals surface area contributed by atoms with Crippen molar-refractivity contribution in [3.8, 4) is 0 Å². The molecule has 132 valence electrons. The van der Waals surface area contributed by atoms with Crippen LogP contribution in [-0.4, -0.2) is 25.6 Å². The summed E-state index contributed by atoms with van der Waals surface area (Å²) >= 11 is 0. The first-order valence-corrected chi connectivity index (χ1v) is 7.53. The van der Waals surface area contributed by atoms with E-state index in [1.165, 1.54) is 16.9 Å². The summed E-state index contributed by atoms with van der Waals surface area (Å²) in [7, 11) is 0. The number of nitrogens with one attached hydrogen (secondary N) is 1. The van der Waals surface area contributed by atoms with Crippen LogP contribution in [-0.2, 0) is 12.6 Å². The normalized spacial score (nSPS) is 13.2. The van der Waals surface area contributed by atoms with Crippen molar-refractivity contribution in [2.24, 2.45) is 0 Å². The van der Waals surface area contributed by atoms with E-state index in [0.29, 0.717) is 17.7 Å². The van der Waals surface area contributed by atoms with Crippen molar-refractivity contribution in [2.45, 2.75) is 32.5 Å². The van der Waals surface area contributed by atoms with Gasteiger partial charge in [-0.2, -0.15) is 27.8 Å². The number of hydrogen-bond acceptors (Lipinski definition) is 4. The van der Waals surface area contributed by atoms with E-state index in [-0.39, 0.29) is 18.0 Å². The monoisotopic (exact) mass is 353 g/mol. The molecule has 2 aromatic heterocycles. The molecule has 1 aromatic carbocycles. The average Bonchev–Trinajstić information content (AvgIpc) is 2.96. The van der Waals surface area contributed by atoms with Crippen LogP contribution in [0.3, 0.4) is 0 Å². The van der Waals surface area contributed by atoms with E-state index in [0.717, 1.165) is 11.8 Å². The first-order valence-electron chi connectivity index (χ1n) is 7.53. The van der Waals surface area contributed by atoms with Crippen LogP contribution in [0, 0.1) is 12.7 Å². The summed E-state index contributed by atoms with van der Waals surface area (Å²) < 4.78 is 53.3. The van der Waals surface area contributed by atoms with Crippen LogP contribution < -0.4 is 5.32 Å². The van der Waals surface area contributed by atoms with E-state index in [1.807, 2.05) is 0 Å². The van der Waals surface area contributed by atoms with Crippen molar-refractivity contribution < 1.29 is 17.6 Å². The number of nitrogens with zero attached hydrogens (tertiary/aromatic N) is 4. The van der Waals surface area contributed by atoms with Gasteiger partial charge in [-0.05, 0) is 38.0 Å². The maximum absolute atomic E-state index is 14.0. The van der Waals surface area contributed by atoms with Crippen LogP contribution in [0.1, 0.15) is 23.7 Å². The van der Waals surface area contributed by atoms with E-state index < -0.39 is 17.6 Å². The quantitative estimate of drug-likeness (QED) is 0.728. The Morgan fingerprint density at radius 1 is 1.24 bits per heavy atom. The molecule has 0 fully saturated rings. The van der Waals surface area contributed by atoms with Crippen LogP contribution in [0.15, 0.2) is 30.6 Å². The number of aromatic nitrogens is 4. The predicted molar refractivity (Wildman–Crippen MR) is 83.7 cm³/mol. The Balaban J connectivity index is 1.78. The minimum Gasteiger partial charge on any atom is -0.367 e. The van der Waals surface area contributed by atoms with Gasteiger partial charge in [-0.15, -0.1) is 0 Å². The highest BCUT2D eigenvalue weighted by Crippen LogP contribution is 2.30. The smallest absolute Gasteiger partial charge is 0.367 e. The van der Waals surface area contributed by atoms with Gasteiger partial charge in [0.05, 0.1) is 5.56 Å². The number of benzene rings is 1. The van der Waals surface area contributed by atoms with Crippen LogP contribution in [0.5, 0.6) is 0 Å². The van der Waals surface area contributed by atoms with Gasteiger partial charge in [0.2, 0.25) is 0 Å². The third kappa shape index (κ3) is 3.70. The highest BCUT2D eigenvalue weighted by atomic mass is 19.4. The Hall–Kier alpha value is -2.71. The molecule has 0 aliphatic carbocycles. The molecule has 1 unspecified atom stereocenters. The molecule has 9 heteroatoms. The second kappa shape index (κ2) is 6.30. The first kappa shape index (κ1) is 17.1. The van der Waals surface area contributed by atoms with Crippen molar-refractivity contribution >= 4 is 11.6 Å². The van der Waals surface area contributed by atoms with Gasteiger partial charge in [0.25, 0.3) is 5.78 Å². The lowest BCUT2D eigenvalue weighted by Crippen LogP contribution is -2.21. The molecule has 0 saturated carbocycles. The summed E-state index contributed by atoms with van der Waals surface area (Å²) in [5.74, 6) is 0.176. The molecule has 0 aliphatic rings. The zero-order chi connectivity index (χ0) is 18.2. The van der Waals surface area contributed by atoms with Gasteiger partial charge in [-0.1, -0.05) is 6.07 Å². The zero-order valence-corrected chi connectivity index (χ0v) is 13.5. The standard InChI is InChI=1S/C16H15F4N5/c1-9(5-11-3-4-12(7-13(11)17)16(18,19)20)23-14-6-10(2)24-15-21-8-22-25(14)15/h3-4,6-9,23H,5H2,1-2H3. The molecule has 0 saturated heterocycles. The Morgan fingerprint density at radius 3 is 2.68 bits per heavy atom. The Morgan fingerprint density at radius 2 is 2.00 bits per heavy atom. The van der Waals surface area contributed by atoms with E-state index in [1.54, 1.807) is 19.9 Å². The molecular weight excluding hydrogens is 338 g/mol. The van der Waals surface area contributed by atoms with Gasteiger partial charge < -0.3 is 5.32 Å². The van der Waals surface area contributed by atoms with Crippen molar-refractivity contribution in [1.82, 2.24) is 19.6 Å². The number of rotatable bonds is 4. The molecule has 3 aromatic rings. The summed E-state index contributed by atoms with van der Waals surface area (Å²) in [4.78, 5) is 8.23. The maximum atomic E-state index is 14.0. The van der Waals surface area contributed by atoms with Crippen molar-refractivity contribution in [3.05, 3.63) is 53.2 Å². The third-order valence-corrected chi connectivity index (χ3v) is 3.68. The minimum atomic E-state index is -4.56. The second-order valence-electron chi connectivity index (χ2n) is 5.81. The molecule has 25 heavy (non-hydrogen) atoms. The van der Waals surface area contributed by atoms with Gasteiger partial charge >= 0.3 is 6.18 Å². The van der Waals surface area contributed by atoms with Crippen LogP contribution in [0.25, 0.3) is 5.78 Å². The largest absolute Gasteiger partial charge is 0.416 e. The molecule has 0 bridgehead atoms. The first-order chi connectivity index (χ1) is 11.7. The van der Waals surface area contributed by atoms with E-state index in [9.17, 15) is 17.6 Å². The van der Waals surface area contributed by atoms with E-state index in [4.69, 9.17) is 0 Å². The third-order valence-electron chi connectivity index (χ3n) is 3.68. The number of fused-ring (bicyclic) bond motifs is 1. The number of hydrogen-bond donors (Lipinski definition) is 1. The molecule has 0 spiro atoms. The summed E-state index contributed by atoms with van der Waals surface area (Å²) in [5, 5.41) is 7.22. The number of aryl methyl sites for hydroxylation is 1. The molecule has 5 nitrogen and oxygen atoms in total. The molecule has 0 amide bonds. The van der Waals surface area contributed by atoms with Gasteiger partial charge in [-0.25, -0.2) is 9.37 Å². The summed E-state index contributed by atoms with van der Waals surface area (Å²) in [6, 6.07) is 4.09. The lowest BCUT2D eigenvalue weighted by Gasteiger charge is -2.17. The second-order valence-corrected chi connectivity index (χ2v) is 5.81. The molecule has 1 N–H and O–H groups in total. The van der Waals surface area contributed by atoms with Crippen molar-refractivity contribution in [3.63, 3.8) is 0 Å². The molecule has 2 heterocycles. The summed E-state index contributed by atoms with van der Waals surface area (Å²) in [5.41, 5.74) is -0.0621. The fourth-order valence-corrected chi connectivity index (χ4v) is 2.56. The van der Waals surface area contributed by atoms with Gasteiger partial charge in [-0.3, -0.25) is 0 Å². The van der Waals surface area contributed by atoms with Crippen LogP contribution >= 0.6 is 0 Å². The van der Waals surface area contributed by atoms with E-state index >= 15 is 0 Å². The van der Waals surface area contributed by atoms with Gasteiger partial charge in [0.1, 0.15) is 18.0 Å². The zero-order valence-electron chi connectivity index (χ0n) is 13.5. The predicted octanol–water partition coefficient (Wildman–Crippen LogP) is 3.63. The van der Waals surface area contributed by atoms with E-state index in [2.05, 4.69) is 20.4 Å². The van der Waals surface area contributed by atoms with Crippen LogP contribution in [0.2, 0.25) is 0 Å². The van der Waals surface area contributed by atoms with Crippen LogP contribution in [0.4, 0.5) is 23.4 Å². The SMILES string of the molecule is Cc1cc(NC(C)Cc2ccc(C(F)(F)F)cc2F)n2ncnc2n1. The van der Waals surface area contributed by atoms with Gasteiger partial charge in [0, 0.05) is 17.8 Å². The average molecular weight is 353 g/mol. The Kier molecular flexibility index (Phi) is 4.32. The maximum Gasteiger partial charge on any atom is 0.416 e. The lowest BCUT2D eigenvalue weighted by molar-refractivity contribution is -0.137. The number of anilines is 1. The summed E-state index contributed by atoms with van der Waals surface area (Å²) in [6.45, 7) is 3.61. The topological polar surface area (TPSA) is 55.1 Å². The number of halogens is 4. The molecular formula is C16H15F4N5. The fraction of sp³-hybridized carbons (Fsp3) is 0.312. The molecule has 0 radical (unpaired) electrons. The van der Waals surface area contributed by atoms with Gasteiger partial charge in [0.15, 0.2) is 0 Å². The Bertz CT molecular complexity index is 903. The van der Waals surface area contributed by atoms with Crippen molar-refractivity contribution in [2.75, 3.05) is 5.32 Å².